The van der Waals surface area contributed by atoms with E-state index in [2.05, 4.69) is 15.2 Å². The fourth-order valence-electron chi connectivity index (χ4n) is 2.88. The topological polar surface area (TPSA) is 48.5 Å². The molecule has 3 heterocycles. The average molecular weight is 274 g/mol. The summed E-state index contributed by atoms with van der Waals surface area (Å²) < 4.78 is 0. The molecule has 0 aromatic carbocycles. The highest BCUT2D eigenvalue weighted by atomic mass is 16.2. The lowest BCUT2D eigenvalue weighted by Gasteiger charge is -2.20. The van der Waals surface area contributed by atoms with Crippen molar-refractivity contribution in [1.29, 1.82) is 0 Å². The summed E-state index contributed by atoms with van der Waals surface area (Å²) in [6, 6.07) is 3.90. The Morgan fingerprint density at radius 1 is 1.05 bits per heavy atom. The molecule has 3 rings (SSSR count). The van der Waals surface area contributed by atoms with Gasteiger partial charge in [0, 0.05) is 38.9 Å². The van der Waals surface area contributed by atoms with Gasteiger partial charge in [0.25, 0.3) is 5.91 Å². The minimum Gasteiger partial charge on any atom is -0.357 e. The maximum Gasteiger partial charge on any atom is 0.255 e. The Hall–Kier alpha value is -1.62. The van der Waals surface area contributed by atoms with Gasteiger partial charge in [0.1, 0.15) is 5.82 Å². The van der Waals surface area contributed by atoms with E-state index in [-0.39, 0.29) is 5.91 Å². The molecule has 108 valence electrons. The number of carbonyl (C=O) groups excluding carboxylic acids is 1. The maximum atomic E-state index is 12.4. The van der Waals surface area contributed by atoms with Crippen molar-refractivity contribution in [1.82, 2.24) is 15.2 Å². The molecule has 20 heavy (non-hydrogen) atoms. The molecule has 0 unspecified atom stereocenters. The van der Waals surface area contributed by atoms with Crippen molar-refractivity contribution in [2.45, 2.75) is 19.3 Å². The minimum absolute atomic E-state index is 0.106. The van der Waals surface area contributed by atoms with Crippen molar-refractivity contribution >= 4 is 11.7 Å². The van der Waals surface area contributed by atoms with Gasteiger partial charge in [-0.3, -0.25) is 4.79 Å². The number of carbonyl (C=O) groups is 1. The average Bonchev–Trinajstić information content (AvgIpc) is 2.89. The van der Waals surface area contributed by atoms with Gasteiger partial charge in [-0.15, -0.1) is 0 Å². The molecule has 2 aliphatic rings. The van der Waals surface area contributed by atoms with E-state index in [1.807, 2.05) is 17.0 Å². The van der Waals surface area contributed by atoms with Gasteiger partial charge in [0.15, 0.2) is 0 Å². The van der Waals surface area contributed by atoms with Gasteiger partial charge in [0.05, 0.1) is 5.56 Å². The van der Waals surface area contributed by atoms with E-state index < -0.39 is 0 Å². The summed E-state index contributed by atoms with van der Waals surface area (Å²) in [7, 11) is 0. The molecule has 5 heteroatoms. The van der Waals surface area contributed by atoms with Gasteiger partial charge in [-0.25, -0.2) is 4.98 Å². The Morgan fingerprint density at radius 2 is 1.90 bits per heavy atom. The van der Waals surface area contributed by atoms with Crippen LogP contribution in [0.15, 0.2) is 18.3 Å². The van der Waals surface area contributed by atoms with Crippen LogP contribution in [0.4, 0.5) is 5.82 Å². The Kier molecular flexibility index (Phi) is 4.16. The number of nitrogens with zero attached hydrogens (tertiary/aromatic N) is 3. The SMILES string of the molecule is O=C(c1ccc(N2CCCC2)nc1)N1CCCNCC1. The predicted octanol–water partition coefficient (Wildman–Crippen LogP) is 1.12. The van der Waals surface area contributed by atoms with E-state index in [1.165, 1.54) is 12.8 Å². The molecular weight excluding hydrogens is 252 g/mol. The lowest BCUT2D eigenvalue weighted by atomic mass is 10.2. The Labute approximate surface area is 120 Å². The Morgan fingerprint density at radius 3 is 2.65 bits per heavy atom. The third-order valence-corrected chi connectivity index (χ3v) is 4.05. The lowest BCUT2D eigenvalue weighted by Crippen LogP contribution is -2.34. The summed E-state index contributed by atoms with van der Waals surface area (Å²) in [6.45, 7) is 5.66. The zero-order valence-corrected chi connectivity index (χ0v) is 11.8. The number of anilines is 1. The highest BCUT2D eigenvalue weighted by molar-refractivity contribution is 5.94. The fraction of sp³-hybridized carbons (Fsp3) is 0.600. The summed E-state index contributed by atoms with van der Waals surface area (Å²) in [4.78, 5) is 21.1. The zero-order chi connectivity index (χ0) is 13.8. The molecule has 2 saturated heterocycles. The second kappa shape index (κ2) is 6.22. The molecule has 0 radical (unpaired) electrons. The van der Waals surface area contributed by atoms with Crippen molar-refractivity contribution in [2.75, 3.05) is 44.2 Å². The summed E-state index contributed by atoms with van der Waals surface area (Å²) in [5.41, 5.74) is 0.704. The molecule has 0 aliphatic carbocycles. The number of hydrogen-bond donors (Lipinski definition) is 1. The number of hydrogen-bond acceptors (Lipinski definition) is 4. The molecule has 0 spiro atoms. The van der Waals surface area contributed by atoms with Gasteiger partial charge in [0.2, 0.25) is 0 Å². The second-order valence-corrected chi connectivity index (χ2v) is 5.49. The van der Waals surface area contributed by atoms with Crippen LogP contribution in [-0.2, 0) is 0 Å². The summed E-state index contributed by atoms with van der Waals surface area (Å²) in [6.07, 6.45) is 5.23. The van der Waals surface area contributed by atoms with Crippen LogP contribution in [0.5, 0.6) is 0 Å². The molecule has 0 bridgehead atoms. The molecule has 1 N–H and O–H groups in total. The first-order valence-corrected chi connectivity index (χ1v) is 7.55. The van der Waals surface area contributed by atoms with Crippen molar-refractivity contribution in [2.24, 2.45) is 0 Å². The molecule has 0 atom stereocenters. The normalized spacial score (nSPS) is 20.0. The van der Waals surface area contributed by atoms with Crippen LogP contribution < -0.4 is 10.2 Å². The third-order valence-electron chi connectivity index (χ3n) is 4.05. The first-order chi connectivity index (χ1) is 9.84. The third kappa shape index (κ3) is 2.93. The molecule has 1 aromatic rings. The largest absolute Gasteiger partial charge is 0.357 e. The molecule has 5 nitrogen and oxygen atoms in total. The number of nitrogens with one attached hydrogen (secondary N) is 1. The van der Waals surface area contributed by atoms with Crippen molar-refractivity contribution in [3.8, 4) is 0 Å². The van der Waals surface area contributed by atoms with Gasteiger partial charge >= 0.3 is 0 Å². The second-order valence-electron chi connectivity index (χ2n) is 5.49. The summed E-state index contributed by atoms with van der Waals surface area (Å²) in [5, 5.41) is 3.31. The van der Waals surface area contributed by atoms with E-state index in [0.29, 0.717) is 5.56 Å². The van der Waals surface area contributed by atoms with E-state index >= 15 is 0 Å². The van der Waals surface area contributed by atoms with Crippen LogP contribution in [0.1, 0.15) is 29.6 Å². The Bertz CT molecular complexity index is 445. The van der Waals surface area contributed by atoms with Gasteiger partial charge in [-0.05, 0) is 37.9 Å². The van der Waals surface area contributed by atoms with Crippen LogP contribution in [0.2, 0.25) is 0 Å². The van der Waals surface area contributed by atoms with Crippen LogP contribution in [0.25, 0.3) is 0 Å². The monoisotopic (exact) mass is 274 g/mol. The predicted molar refractivity (Wildman–Crippen MR) is 79.1 cm³/mol. The lowest BCUT2D eigenvalue weighted by molar-refractivity contribution is 0.0766. The summed E-state index contributed by atoms with van der Waals surface area (Å²) in [5.74, 6) is 1.10. The van der Waals surface area contributed by atoms with Crippen LogP contribution in [0, 0.1) is 0 Å². The molecule has 0 saturated carbocycles. The van der Waals surface area contributed by atoms with E-state index in [1.54, 1.807) is 6.20 Å². The van der Waals surface area contributed by atoms with E-state index in [0.717, 1.165) is 51.5 Å². The van der Waals surface area contributed by atoms with E-state index in [4.69, 9.17) is 0 Å². The molecule has 1 aromatic heterocycles. The first kappa shape index (κ1) is 13.4. The van der Waals surface area contributed by atoms with Gasteiger partial charge in [-0.1, -0.05) is 0 Å². The highest BCUT2D eigenvalue weighted by Gasteiger charge is 2.18. The quantitative estimate of drug-likeness (QED) is 0.878. The number of amides is 1. The van der Waals surface area contributed by atoms with Crippen molar-refractivity contribution < 1.29 is 4.79 Å². The van der Waals surface area contributed by atoms with Gasteiger partial charge in [-0.2, -0.15) is 0 Å². The number of rotatable bonds is 2. The smallest absolute Gasteiger partial charge is 0.255 e. The molecule has 1 amide bonds. The van der Waals surface area contributed by atoms with Crippen LogP contribution in [-0.4, -0.2) is 55.1 Å². The molecule has 2 fully saturated rings. The highest BCUT2D eigenvalue weighted by Crippen LogP contribution is 2.18. The minimum atomic E-state index is 0.106. The van der Waals surface area contributed by atoms with Gasteiger partial charge < -0.3 is 15.1 Å². The molecular formula is C15H22N4O. The standard InChI is InChI=1S/C15H22N4O/c20-15(19-10-3-6-16-7-11-19)13-4-5-14(17-12-13)18-8-1-2-9-18/h4-5,12,16H,1-3,6-11H2. The Balaban J connectivity index is 1.68. The zero-order valence-electron chi connectivity index (χ0n) is 11.8. The molecule has 2 aliphatic heterocycles. The van der Waals surface area contributed by atoms with Crippen LogP contribution in [0.3, 0.4) is 0 Å². The van der Waals surface area contributed by atoms with Crippen molar-refractivity contribution in [3.05, 3.63) is 23.9 Å². The number of aromatic nitrogens is 1. The maximum absolute atomic E-state index is 12.4. The van der Waals surface area contributed by atoms with E-state index in [9.17, 15) is 4.79 Å². The number of pyridine rings is 1. The fourth-order valence-corrected chi connectivity index (χ4v) is 2.88. The van der Waals surface area contributed by atoms with Crippen molar-refractivity contribution in [3.63, 3.8) is 0 Å². The summed E-state index contributed by atoms with van der Waals surface area (Å²) >= 11 is 0. The first-order valence-electron chi connectivity index (χ1n) is 7.55. The van der Waals surface area contributed by atoms with Crippen LogP contribution >= 0.6 is 0 Å².